The second-order valence-corrected chi connectivity index (χ2v) is 8.74. The molecule has 1 saturated heterocycles. The third kappa shape index (κ3) is 14.7. The molecule has 2 amide bonds. The summed E-state index contributed by atoms with van der Waals surface area (Å²) < 4.78 is 21.8. The van der Waals surface area contributed by atoms with Gasteiger partial charge in [0.2, 0.25) is 11.8 Å². The Morgan fingerprint density at radius 1 is 0.906 bits per heavy atom. The molecule has 0 aromatic heterocycles. The van der Waals surface area contributed by atoms with E-state index in [1.54, 1.807) is 4.90 Å². The third-order valence-corrected chi connectivity index (χ3v) is 5.28. The van der Waals surface area contributed by atoms with Crippen molar-refractivity contribution in [1.82, 2.24) is 15.1 Å². The van der Waals surface area contributed by atoms with Crippen molar-refractivity contribution in [3.8, 4) is 0 Å². The van der Waals surface area contributed by atoms with Gasteiger partial charge in [0.15, 0.2) is 0 Å². The van der Waals surface area contributed by atoms with Gasteiger partial charge in [0.05, 0.1) is 59.3 Å². The number of nitrogens with zero attached hydrogens (tertiary/aromatic N) is 2. The predicted octanol–water partition coefficient (Wildman–Crippen LogP) is 1.02. The third-order valence-electron chi connectivity index (χ3n) is 5.28. The van der Waals surface area contributed by atoms with E-state index in [0.29, 0.717) is 71.7 Å². The van der Waals surface area contributed by atoms with Crippen LogP contribution in [0.15, 0.2) is 0 Å². The van der Waals surface area contributed by atoms with Gasteiger partial charge in [-0.2, -0.15) is 0 Å². The number of carbonyl (C=O) groups is 2. The molecule has 0 radical (unpaired) electrons. The molecule has 0 atom stereocenters. The minimum absolute atomic E-state index is 0.106. The van der Waals surface area contributed by atoms with Crippen LogP contribution in [-0.2, 0) is 28.5 Å². The van der Waals surface area contributed by atoms with Crippen molar-refractivity contribution in [3.63, 3.8) is 0 Å². The van der Waals surface area contributed by atoms with Crippen molar-refractivity contribution in [2.75, 3.05) is 93.1 Å². The maximum absolute atomic E-state index is 12.1. The van der Waals surface area contributed by atoms with Gasteiger partial charge in [0, 0.05) is 26.1 Å². The van der Waals surface area contributed by atoms with Gasteiger partial charge in [0.25, 0.3) is 0 Å². The van der Waals surface area contributed by atoms with E-state index in [-0.39, 0.29) is 17.7 Å². The highest BCUT2D eigenvalue weighted by Gasteiger charge is 2.22. The SMILES string of the molecule is CC(C)CN(C)C(=O)CCOCCOCCOCCOCCNC(=O)C1CCN(C)CC1. The fourth-order valence-corrected chi connectivity index (χ4v) is 3.42. The van der Waals surface area contributed by atoms with Gasteiger partial charge >= 0.3 is 0 Å². The molecule has 0 unspecified atom stereocenters. The monoisotopic (exact) mass is 459 g/mol. The minimum Gasteiger partial charge on any atom is -0.379 e. The molecular weight excluding hydrogens is 414 g/mol. The van der Waals surface area contributed by atoms with Crippen molar-refractivity contribution in [1.29, 1.82) is 0 Å². The van der Waals surface area contributed by atoms with Crippen LogP contribution < -0.4 is 5.32 Å². The van der Waals surface area contributed by atoms with E-state index in [4.69, 9.17) is 18.9 Å². The molecule has 1 rings (SSSR count). The molecule has 188 valence electrons. The Morgan fingerprint density at radius 3 is 1.94 bits per heavy atom. The zero-order chi connectivity index (χ0) is 23.6. The van der Waals surface area contributed by atoms with Crippen LogP contribution in [0.2, 0.25) is 0 Å². The molecule has 1 N–H and O–H groups in total. The van der Waals surface area contributed by atoms with Crippen LogP contribution in [0.25, 0.3) is 0 Å². The van der Waals surface area contributed by atoms with Crippen LogP contribution in [0.5, 0.6) is 0 Å². The molecule has 9 nitrogen and oxygen atoms in total. The van der Waals surface area contributed by atoms with Crippen molar-refractivity contribution in [2.24, 2.45) is 11.8 Å². The molecule has 32 heavy (non-hydrogen) atoms. The standard InChI is InChI=1S/C23H45N3O6/c1-20(2)19-26(4)22(27)7-11-29-13-15-31-17-18-32-16-14-30-12-8-24-23(28)21-5-9-25(3)10-6-21/h20-21H,5-19H2,1-4H3,(H,24,28). The highest BCUT2D eigenvalue weighted by molar-refractivity contribution is 5.78. The van der Waals surface area contributed by atoms with E-state index < -0.39 is 0 Å². The van der Waals surface area contributed by atoms with E-state index in [0.717, 1.165) is 32.5 Å². The largest absolute Gasteiger partial charge is 0.379 e. The summed E-state index contributed by atoms with van der Waals surface area (Å²) in [6.07, 6.45) is 2.26. The zero-order valence-corrected chi connectivity index (χ0v) is 20.6. The highest BCUT2D eigenvalue weighted by Crippen LogP contribution is 2.15. The summed E-state index contributed by atoms with van der Waals surface area (Å²) in [5.74, 6) is 0.853. The highest BCUT2D eigenvalue weighted by atomic mass is 16.6. The van der Waals surface area contributed by atoms with Crippen molar-refractivity contribution >= 4 is 11.8 Å². The number of likely N-dealkylation sites (tertiary alicyclic amines) is 1. The van der Waals surface area contributed by atoms with Gasteiger partial charge in [-0.1, -0.05) is 13.8 Å². The van der Waals surface area contributed by atoms with E-state index in [1.165, 1.54) is 0 Å². The summed E-state index contributed by atoms with van der Waals surface area (Å²) in [4.78, 5) is 27.9. The van der Waals surface area contributed by atoms with E-state index >= 15 is 0 Å². The lowest BCUT2D eigenvalue weighted by Crippen LogP contribution is -2.40. The summed E-state index contributed by atoms with van der Waals surface area (Å²) in [5, 5.41) is 2.95. The molecule has 0 aliphatic carbocycles. The number of carbonyl (C=O) groups excluding carboxylic acids is 2. The minimum atomic E-state index is 0.106. The topological polar surface area (TPSA) is 89.6 Å². The van der Waals surface area contributed by atoms with Gasteiger partial charge in [-0.3, -0.25) is 9.59 Å². The summed E-state index contributed by atoms with van der Waals surface area (Å²) in [5.41, 5.74) is 0. The maximum Gasteiger partial charge on any atom is 0.224 e. The van der Waals surface area contributed by atoms with Gasteiger partial charge in [-0.05, 0) is 38.9 Å². The number of nitrogens with one attached hydrogen (secondary N) is 1. The molecule has 1 aliphatic heterocycles. The fourth-order valence-electron chi connectivity index (χ4n) is 3.42. The first-order chi connectivity index (χ1) is 15.4. The predicted molar refractivity (Wildman–Crippen MR) is 124 cm³/mol. The Bertz CT molecular complexity index is 498. The normalized spacial score (nSPS) is 15.3. The average molecular weight is 460 g/mol. The van der Waals surface area contributed by atoms with Crippen LogP contribution in [-0.4, -0.2) is 115 Å². The summed E-state index contributed by atoms with van der Waals surface area (Å²) in [6.45, 7) is 11.3. The molecular formula is C23H45N3O6. The van der Waals surface area contributed by atoms with Crippen molar-refractivity contribution < 1.29 is 28.5 Å². The Hall–Kier alpha value is -1.26. The van der Waals surface area contributed by atoms with E-state index in [1.807, 2.05) is 7.05 Å². The second kappa shape index (κ2) is 18.2. The first-order valence-corrected chi connectivity index (χ1v) is 11.9. The zero-order valence-electron chi connectivity index (χ0n) is 20.6. The van der Waals surface area contributed by atoms with Gasteiger partial charge in [0.1, 0.15) is 0 Å². The van der Waals surface area contributed by atoms with Crippen LogP contribution >= 0.6 is 0 Å². The number of hydrogen-bond acceptors (Lipinski definition) is 7. The van der Waals surface area contributed by atoms with Gasteiger partial charge < -0.3 is 34.1 Å². The molecule has 0 saturated carbocycles. The second-order valence-electron chi connectivity index (χ2n) is 8.74. The lowest BCUT2D eigenvalue weighted by atomic mass is 9.96. The summed E-state index contributed by atoms with van der Waals surface area (Å²) in [7, 11) is 3.91. The smallest absolute Gasteiger partial charge is 0.224 e. The lowest BCUT2D eigenvalue weighted by Gasteiger charge is -2.28. The fraction of sp³-hybridized carbons (Fsp3) is 0.913. The first kappa shape index (κ1) is 28.8. The van der Waals surface area contributed by atoms with Crippen LogP contribution in [0, 0.1) is 11.8 Å². The number of piperidine rings is 1. The Morgan fingerprint density at radius 2 is 1.41 bits per heavy atom. The Balaban J connectivity index is 1.79. The number of hydrogen-bond donors (Lipinski definition) is 1. The molecule has 0 bridgehead atoms. The summed E-state index contributed by atoms with van der Waals surface area (Å²) >= 11 is 0. The van der Waals surface area contributed by atoms with E-state index in [9.17, 15) is 9.59 Å². The number of rotatable bonds is 18. The summed E-state index contributed by atoms with van der Waals surface area (Å²) in [6, 6.07) is 0. The maximum atomic E-state index is 12.1. The first-order valence-electron chi connectivity index (χ1n) is 11.9. The Labute approximate surface area is 194 Å². The van der Waals surface area contributed by atoms with Crippen molar-refractivity contribution in [2.45, 2.75) is 33.1 Å². The van der Waals surface area contributed by atoms with Gasteiger partial charge in [-0.25, -0.2) is 0 Å². The Kier molecular flexibility index (Phi) is 16.4. The van der Waals surface area contributed by atoms with Gasteiger partial charge in [-0.15, -0.1) is 0 Å². The van der Waals surface area contributed by atoms with Crippen LogP contribution in [0.1, 0.15) is 33.1 Å². The number of ether oxygens (including phenoxy) is 4. The molecule has 1 fully saturated rings. The lowest BCUT2D eigenvalue weighted by molar-refractivity contribution is -0.131. The molecule has 9 heteroatoms. The molecule has 1 aliphatic rings. The quantitative estimate of drug-likeness (QED) is 0.306. The molecule has 0 aromatic carbocycles. The average Bonchev–Trinajstić information content (AvgIpc) is 2.76. The molecule has 1 heterocycles. The van der Waals surface area contributed by atoms with Crippen LogP contribution in [0.3, 0.4) is 0 Å². The van der Waals surface area contributed by atoms with Crippen molar-refractivity contribution in [3.05, 3.63) is 0 Å². The molecule has 0 aromatic rings. The number of amides is 2. The molecule has 0 spiro atoms. The van der Waals surface area contributed by atoms with Crippen LogP contribution in [0.4, 0.5) is 0 Å². The van der Waals surface area contributed by atoms with E-state index in [2.05, 4.69) is 31.1 Å².